The molecule has 1 spiro atoms. The Balaban J connectivity index is 1.53. The maximum absolute atomic E-state index is 10.5. The van der Waals surface area contributed by atoms with Crippen molar-refractivity contribution in [2.24, 2.45) is 5.92 Å². The van der Waals surface area contributed by atoms with Gasteiger partial charge in [-0.25, -0.2) is 0 Å². The fourth-order valence-corrected chi connectivity index (χ4v) is 3.77. The van der Waals surface area contributed by atoms with Gasteiger partial charge in [-0.3, -0.25) is 0 Å². The molecule has 1 aromatic carbocycles. The summed E-state index contributed by atoms with van der Waals surface area (Å²) in [6, 6.07) is 9.73. The van der Waals surface area contributed by atoms with Gasteiger partial charge in [0.05, 0.1) is 11.7 Å². The minimum absolute atomic E-state index is 0.0505. The number of ether oxygens (including phenoxy) is 2. The molecule has 1 saturated heterocycles. The summed E-state index contributed by atoms with van der Waals surface area (Å²) in [5, 5.41) is 10.5. The molecule has 2 atom stereocenters. The first-order valence-corrected chi connectivity index (χ1v) is 8.27. The highest BCUT2D eigenvalue weighted by Crippen LogP contribution is 2.41. The van der Waals surface area contributed by atoms with Gasteiger partial charge in [0.15, 0.2) is 0 Å². The van der Waals surface area contributed by atoms with Crippen molar-refractivity contribution in [3.8, 4) is 5.75 Å². The van der Waals surface area contributed by atoms with Crippen LogP contribution in [0.25, 0.3) is 0 Å². The molecule has 3 nitrogen and oxygen atoms in total. The van der Waals surface area contributed by atoms with Crippen LogP contribution in [-0.4, -0.2) is 30.0 Å². The van der Waals surface area contributed by atoms with Gasteiger partial charge in [0.2, 0.25) is 0 Å². The van der Waals surface area contributed by atoms with Crippen LogP contribution < -0.4 is 4.74 Å². The molecule has 0 radical (unpaired) electrons. The molecule has 0 amide bonds. The highest BCUT2D eigenvalue weighted by Gasteiger charge is 2.40. The van der Waals surface area contributed by atoms with Gasteiger partial charge >= 0.3 is 0 Å². The van der Waals surface area contributed by atoms with Crippen LogP contribution in [0.3, 0.4) is 0 Å². The van der Waals surface area contributed by atoms with E-state index in [2.05, 4.69) is 0 Å². The zero-order valence-corrected chi connectivity index (χ0v) is 12.7. The molecule has 1 N–H and O–H groups in total. The first-order chi connectivity index (χ1) is 10.3. The van der Waals surface area contributed by atoms with Crippen LogP contribution in [-0.2, 0) is 4.74 Å². The Bertz CT molecular complexity index is 420. The standard InChI is InChI=1S/C18H26O3/c19-17(14-20-16-7-3-1-4-8-16)15-9-12-21-18(13-15)10-5-2-6-11-18/h1,3-4,7-8,15,17,19H,2,5-6,9-14H2. The smallest absolute Gasteiger partial charge is 0.119 e. The summed E-state index contributed by atoms with van der Waals surface area (Å²) in [5.41, 5.74) is 0.0505. The summed E-state index contributed by atoms with van der Waals surface area (Å²) in [6.07, 6.45) is 7.73. The van der Waals surface area contributed by atoms with E-state index in [0.29, 0.717) is 12.5 Å². The first-order valence-electron chi connectivity index (χ1n) is 8.27. The minimum atomic E-state index is -0.395. The predicted molar refractivity (Wildman–Crippen MR) is 82.4 cm³/mol. The summed E-state index contributed by atoms with van der Waals surface area (Å²) in [7, 11) is 0. The van der Waals surface area contributed by atoms with E-state index in [4.69, 9.17) is 9.47 Å². The summed E-state index contributed by atoms with van der Waals surface area (Å²) in [5.74, 6) is 1.14. The minimum Gasteiger partial charge on any atom is -0.491 e. The number of rotatable bonds is 4. The van der Waals surface area contributed by atoms with Crippen molar-refractivity contribution in [2.75, 3.05) is 13.2 Å². The lowest BCUT2D eigenvalue weighted by molar-refractivity contribution is -0.136. The third-order valence-electron chi connectivity index (χ3n) is 5.00. The molecule has 1 heterocycles. The average Bonchev–Trinajstić information content (AvgIpc) is 2.54. The molecule has 1 aromatic rings. The molecule has 1 aliphatic heterocycles. The maximum atomic E-state index is 10.5. The molecule has 3 rings (SSSR count). The Kier molecular flexibility index (Phi) is 4.81. The van der Waals surface area contributed by atoms with E-state index in [1.165, 1.54) is 19.3 Å². The van der Waals surface area contributed by atoms with Crippen molar-refractivity contribution in [3.05, 3.63) is 30.3 Å². The molecule has 1 aliphatic carbocycles. The normalized spacial score (nSPS) is 26.4. The molecule has 21 heavy (non-hydrogen) atoms. The van der Waals surface area contributed by atoms with Crippen molar-refractivity contribution in [1.82, 2.24) is 0 Å². The SMILES string of the molecule is OC(COc1ccccc1)C1CCOC2(CCCCC2)C1. The second-order valence-electron chi connectivity index (χ2n) is 6.54. The van der Waals surface area contributed by atoms with Gasteiger partial charge in [0.1, 0.15) is 12.4 Å². The lowest BCUT2D eigenvalue weighted by atomic mass is 9.75. The second kappa shape index (κ2) is 6.80. The van der Waals surface area contributed by atoms with Gasteiger partial charge in [0, 0.05) is 6.61 Å². The fraction of sp³-hybridized carbons (Fsp3) is 0.667. The van der Waals surface area contributed by atoms with Crippen molar-refractivity contribution >= 4 is 0 Å². The Morgan fingerprint density at radius 2 is 1.95 bits per heavy atom. The molecule has 0 aromatic heterocycles. The second-order valence-corrected chi connectivity index (χ2v) is 6.54. The van der Waals surface area contributed by atoms with Crippen molar-refractivity contribution < 1.29 is 14.6 Å². The molecule has 0 bridgehead atoms. The van der Waals surface area contributed by atoms with E-state index in [0.717, 1.165) is 38.0 Å². The molecule has 116 valence electrons. The van der Waals surface area contributed by atoms with Gasteiger partial charge in [0.25, 0.3) is 0 Å². The van der Waals surface area contributed by atoms with E-state index < -0.39 is 6.10 Å². The average molecular weight is 290 g/mol. The molecule has 2 fully saturated rings. The summed E-state index contributed by atoms with van der Waals surface area (Å²) >= 11 is 0. The van der Waals surface area contributed by atoms with Gasteiger partial charge in [-0.2, -0.15) is 0 Å². The fourth-order valence-electron chi connectivity index (χ4n) is 3.77. The quantitative estimate of drug-likeness (QED) is 0.921. The van der Waals surface area contributed by atoms with Crippen molar-refractivity contribution in [1.29, 1.82) is 0 Å². The van der Waals surface area contributed by atoms with Gasteiger partial charge in [-0.05, 0) is 43.7 Å². The first kappa shape index (κ1) is 14.9. The topological polar surface area (TPSA) is 38.7 Å². The Morgan fingerprint density at radius 1 is 1.19 bits per heavy atom. The van der Waals surface area contributed by atoms with E-state index in [1.807, 2.05) is 30.3 Å². The number of benzene rings is 1. The van der Waals surface area contributed by atoms with Crippen LogP contribution in [0, 0.1) is 5.92 Å². The number of para-hydroxylation sites is 1. The highest BCUT2D eigenvalue weighted by molar-refractivity contribution is 5.20. The van der Waals surface area contributed by atoms with E-state index in [9.17, 15) is 5.11 Å². The molecule has 1 saturated carbocycles. The van der Waals surface area contributed by atoms with Gasteiger partial charge in [-0.15, -0.1) is 0 Å². The van der Waals surface area contributed by atoms with Crippen LogP contribution in [0.15, 0.2) is 30.3 Å². The molecule has 2 unspecified atom stereocenters. The lowest BCUT2D eigenvalue weighted by Crippen LogP contribution is -2.45. The van der Waals surface area contributed by atoms with Crippen LogP contribution in [0.1, 0.15) is 44.9 Å². The van der Waals surface area contributed by atoms with Gasteiger partial charge in [-0.1, -0.05) is 37.5 Å². The summed E-state index contributed by atoms with van der Waals surface area (Å²) < 4.78 is 11.8. The lowest BCUT2D eigenvalue weighted by Gasteiger charge is -2.44. The van der Waals surface area contributed by atoms with E-state index >= 15 is 0 Å². The third-order valence-corrected chi connectivity index (χ3v) is 5.00. The van der Waals surface area contributed by atoms with E-state index in [1.54, 1.807) is 0 Å². The monoisotopic (exact) mass is 290 g/mol. The molecular formula is C18H26O3. The number of aliphatic hydroxyl groups excluding tert-OH is 1. The summed E-state index contributed by atoms with van der Waals surface area (Å²) in [4.78, 5) is 0. The third kappa shape index (κ3) is 3.78. The Labute approximate surface area is 127 Å². The molecule has 2 aliphatic rings. The molecule has 3 heteroatoms. The number of hydrogen-bond donors (Lipinski definition) is 1. The zero-order valence-electron chi connectivity index (χ0n) is 12.7. The van der Waals surface area contributed by atoms with Crippen molar-refractivity contribution in [2.45, 2.75) is 56.7 Å². The predicted octanol–water partition coefficient (Wildman–Crippen LogP) is 3.56. The number of aliphatic hydroxyl groups is 1. The Morgan fingerprint density at radius 3 is 2.71 bits per heavy atom. The zero-order chi connectivity index (χ0) is 14.5. The maximum Gasteiger partial charge on any atom is 0.119 e. The van der Waals surface area contributed by atoms with Crippen molar-refractivity contribution in [3.63, 3.8) is 0 Å². The van der Waals surface area contributed by atoms with E-state index in [-0.39, 0.29) is 5.60 Å². The van der Waals surface area contributed by atoms with Gasteiger partial charge < -0.3 is 14.6 Å². The number of hydrogen-bond acceptors (Lipinski definition) is 3. The summed E-state index contributed by atoms with van der Waals surface area (Å²) in [6.45, 7) is 1.16. The van der Waals surface area contributed by atoms with Crippen LogP contribution in [0.5, 0.6) is 5.75 Å². The van der Waals surface area contributed by atoms with Crippen LogP contribution >= 0.6 is 0 Å². The molecular weight excluding hydrogens is 264 g/mol. The highest BCUT2D eigenvalue weighted by atomic mass is 16.5. The Hall–Kier alpha value is -1.06. The van der Waals surface area contributed by atoms with Crippen LogP contribution in [0.2, 0.25) is 0 Å². The largest absolute Gasteiger partial charge is 0.491 e. The van der Waals surface area contributed by atoms with Crippen LogP contribution in [0.4, 0.5) is 0 Å².